The van der Waals surface area contributed by atoms with Gasteiger partial charge in [-0.1, -0.05) is 13.8 Å². The van der Waals surface area contributed by atoms with Gasteiger partial charge in [-0.3, -0.25) is 0 Å². The predicted molar refractivity (Wildman–Crippen MR) is 78.9 cm³/mol. The summed E-state index contributed by atoms with van der Waals surface area (Å²) >= 11 is 0. The molecule has 5 nitrogen and oxygen atoms in total. The number of anilines is 1. The molecule has 0 bridgehead atoms. The zero-order valence-corrected chi connectivity index (χ0v) is 12.8. The first-order valence-electron chi connectivity index (χ1n) is 7.31. The van der Waals surface area contributed by atoms with Crippen molar-refractivity contribution in [2.45, 2.75) is 65.6 Å². The van der Waals surface area contributed by atoms with Crippen LogP contribution in [0.15, 0.2) is 6.33 Å². The monoisotopic (exact) mass is 279 g/mol. The average molecular weight is 279 g/mol. The molecule has 0 spiro atoms. The Morgan fingerprint density at radius 2 is 1.80 bits per heavy atom. The third-order valence-electron chi connectivity index (χ3n) is 3.72. The molecule has 0 unspecified atom stereocenters. The Bertz CT molecular complexity index is 450. The van der Waals surface area contributed by atoms with E-state index in [4.69, 9.17) is 15.2 Å². The highest BCUT2D eigenvalue weighted by atomic mass is 16.5. The normalized spacial score (nSPS) is 19.1. The van der Waals surface area contributed by atoms with E-state index in [9.17, 15) is 0 Å². The zero-order chi connectivity index (χ0) is 14.8. The lowest BCUT2D eigenvalue weighted by atomic mass is 9.76. The summed E-state index contributed by atoms with van der Waals surface area (Å²) in [7, 11) is 0. The van der Waals surface area contributed by atoms with Crippen molar-refractivity contribution in [3.8, 4) is 11.8 Å². The van der Waals surface area contributed by atoms with Crippen LogP contribution in [-0.4, -0.2) is 22.2 Å². The summed E-state index contributed by atoms with van der Waals surface area (Å²) in [4.78, 5) is 8.20. The molecule has 0 saturated heterocycles. The van der Waals surface area contributed by atoms with Gasteiger partial charge in [0.25, 0.3) is 0 Å². The van der Waals surface area contributed by atoms with Crippen LogP contribution >= 0.6 is 0 Å². The van der Waals surface area contributed by atoms with Crippen LogP contribution in [0, 0.1) is 5.41 Å². The van der Waals surface area contributed by atoms with Crippen LogP contribution in [0.2, 0.25) is 0 Å². The summed E-state index contributed by atoms with van der Waals surface area (Å²) in [6, 6.07) is 0. The fourth-order valence-electron chi connectivity index (χ4n) is 2.42. The summed E-state index contributed by atoms with van der Waals surface area (Å²) in [5, 5.41) is 0. The van der Waals surface area contributed by atoms with Gasteiger partial charge in [0.15, 0.2) is 5.69 Å². The SMILES string of the molecule is CC(C)Oc1ncnc(OC2CCC(C)(C)CC2)c1N. The Morgan fingerprint density at radius 3 is 2.40 bits per heavy atom. The molecule has 20 heavy (non-hydrogen) atoms. The van der Waals surface area contributed by atoms with Crippen LogP contribution in [0.3, 0.4) is 0 Å². The number of hydrogen-bond donors (Lipinski definition) is 1. The fourth-order valence-corrected chi connectivity index (χ4v) is 2.42. The number of nitrogens with two attached hydrogens (primary N) is 1. The summed E-state index contributed by atoms with van der Waals surface area (Å²) in [5.41, 5.74) is 6.84. The van der Waals surface area contributed by atoms with Gasteiger partial charge in [-0.05, 0) is 44.9 Å². The van der Waals surface area contributed by atoms with E-state index in [0.29, 0.717) is 22.9 Å². The minimum atomic E-state index is 0.0236. The fraction of sp³-hybridized carbons (Fsp3) is 0.733. The molecule has 0 atom stereocenters. The van der Waals surface area contributed by atoms with Gasteiger partial charge in [0.2, 0.25) is 11.8 Å². The van der Waals surface area contributed by atoms with Gasteiger partial charge in [-0.15, -0.1) is 0 Å². The molecule has 112 valence electrons. The van der Waals surface area contributed by atoms with Crippen LogP contribution in [-0.2, 0) is 0 Å². The Labute approximate surface area is 120 Å². The molecule has 2 N–H and O–H groups in total. The summed E-state index contributed by atoms with van der Waals surface area (Å²) in [5.74, 6) is 0.849. The second kappa shape index (κ2) is 5.85. The van der Waals surface area contributed by atoms with Crippen molar-refractivity contribution in [3.63, 3.8) is 0 Å². The van der Waals surface area contributed by atoms with Gasteiger partial charge in [-0.2, -0.15) is 9.97 Å². The first-order valence-corrected chi connectivity index (χ1v) is 7.31. The van der Waals surface area contributed by atoms with Crippen molar-refractivity contribution >= 4 is 5.69 Å². The van der Waals surface area contributed by atoms with Gasteiger partial charge >= 0.3 is 0 Å². The van der Waals surface area contributed by atoms with Crippen LogP contribution in [0.25, 0.3) is 0 Å². The molecule has 1 fully saturated rings. The quantitative estimate of drug-likeness (QED) is 0.916. The molecule has 1 aromatic rings. The van der Waals surface area contributed by atoms with Gasteiger partial charge in [-0.25, -0.2) is 0 Å². The van der Waals surface area contributed by atoms with Crippen LogP contribution in [0.1, 0.15) is 53.4 Å². The van der Waals surface area contributed by atoms with Gasteiger partial charge in [0, 0.05) is 0 Å². The van der Waals surface area contributed by atoms with Crippen molar-refractivity contribution in [1.29, 1.82) is 0 Å². The molecular weight excluding hydrogens is 254 g/mol. The van der Waals surface area contributed by atoms with E-state index in [1.165, 1.54) is 6.33 Å². The Morgan fingerprint density at radius 1 is 1.20 bits per heavy atom. The second-order valence-electron chi connectivity index (χ2n) is 6.55. The van der Waals surface area contributed by atoms with Crippen LogP contribution < -0.4 is 15.2 Å². The van der Waals surface area contributed by atoms with Gasteiger partial charge in [0.1, 0.15) is 12.4 Å². The highest BCUT2D eigenvalue weighted by Crippen LogP contribution is 2.37. The predicted octanol–water partition coefficient (Wildman–Crippen LogP) is 3.19. The Hall–Kier alpha value is -1.52. The number of hydrogen-bond acceptors (Lipinski definition) is 5. The molecule has 1 saturated carbocycles. The van der Waals surface area contributed by atoms with Crippen molar-refractivity contribution in [3.05, 3.63) is 6.33 Å². The topological polar surface area (TPSA) is 70.3 Å². The molecule has 1 aromatic heterocycles. The highest BCUT2D eigenvalue weighted by molar-refractivity contribution is 5.55. The van der Waals surface area contributed by atoms with E-state index in [1.807, 2.05) is 13.8 Å². The van der Waals surface area contributed by atoms with Crippen LogP contribution in [0.4, 0.5) is 5.69 Å². The number of nitrogens with zero attached hydrogens (tertiary/aromatic N) is 2. The summed E-state index contributed by atoms with van der Waals surface area (Å²) in [6.07, 6.45) is 6.06. The number of ether oxygens (including phenoxy) is 2. The first-order chi connectivity index (χ1) is 9.37. The van der Waals surface area contributed by atoms with E-state index >= 15 is 0 Å². The number of rotatable bonds is 4. The molecule has 0 aliphatic heterocycles. The molecular formula is C15H25N3O2. The average Bonchev–Trinajstić information content (AvgIpc) is 2.36. The van der Waals surface area contributed by atoms with Crippen molar-refractivity contribution < 1.29 is 9.47 Å². The Kier molecular flexibility index (Phi) is 4.35. The molecule has 2 rings (SSSR count). The molecule has 0 radical (unpaired) electrons. The van der Waals surface area contributed by atoms with Crippen molar-refractivity contribution in [1.82, 2.24) is 9.97 Å². The highest BCUT2D eigenvalue weighted by Gasteiger charge is 2.28. The van der Waals surface area contributed by atoms with E-state index in [2.05, 4.69) is 23.8 Å². The van der Waals surface area contributed by atoms with E-state index in [-0.39, 0.29) is 12.2 Å². The van der Waals surface area contributed by atoms with Crippen molar-refractivity contribution in [2.24, 2.45) is 5.41 Å². The van der Waals surface area contributed by atoms with Gasteiger partial charge < -0.3 is 15.2 Å². The maximum atomic E-state index is 6.03. The third-order valence-corrected chi connectivity index (χ3v) is 3.72. The molecule has 1 heterocycles. The van der Waals surface area contributed by atoms with E-state index < -0.39 is 0 Å². The molecule has 0 aromatic carbocycles. The minimum absolute atomic E-state index is 0.0236. The minimum Gasteiger partial charge on any atom is -0.473 e. The lowest BCUT2D eigenvalue weighted by molar-refractivity contribution is 0.0949. The largest absolute Gasteiger partial charge is 0.473 e. The van der Waals surface area contributed by atoms with E-state index in [1.54, 1.807) is 0 Å². The summed E-state index contributed by atoms with van der Waals surface area (Å²) in [6.45, 7) is 8.48. The standard InChI is InChI=1S/C15H25N3O2/c1-10(2)19-13-12(16)14(18-9-17-13)20-11-5-7-15(3,4)8-6-11/h9-11H,5-8,16H2,1-4H3. The first kappa shape index (κ1) is 14.9. The lowest BCUT2D eigenvalue weighted by Gasteiger charge is -2.34. The molecule has 1 aliphatic carbocycles. The number of nitrogen functional groups attached to an aromatic ring is 1. The Balaban J connectivity index is 2.03. The zero-order valence-electron chi connectivity index (χ0n) is 12.8. The molecule has 5 heteroatoms. The van der Waals surface area contributed by atoms with E-state index in [0.717, 1.165) is 25.7 Å². The maximum absolute atomic E-state index is 6.03. The van der Waals surface area contributed by atoms with Crippen LogP contribution in [0.5, 0.6) is 11.8 Å². The van der Waals surface area contributed by atoms with Gasteiger partial charge in [0.05, 0.1) is 6.10 Å². The smallest absolute Gasteiger partial charge is 0.244 e. The molecule has 1 aliphatic rings. The number of aromatic nitrogens is 2. The maximum Gasteiger partial charge on any atom is 0.244 e. The third kappa shape index (κ3) is 3.74. The summed E-state index contributed by atoms with van der Waals surface area (Å²) < 4.78 is 11.5. The lowest BCUT2D eigenvalue weighted by Crippen LogP contribution is -2.29. The second-order valence-corrected chi connectivity index (χ2v) is 6.55. The molecule has 0 amide bonds. The van der Waals surface area contributed by atoms with Crippen molar-refractivity contribution in [2.75, 3.05) is 5.73 Å².